The van der Waals surface area contributed by atoms with Crippen LogP contribution in [0.5, 0.6) is 0 Å². The van der Waals surface area contributed by atoms with Gasteiger partial charge >= 0.3 is 0 Å². The van der Waals surface area contributed by atoms with E-state index in [1.165, 1.54) is 24.3 Å². The maximum absolute atomic E-state index is 14.0. The molecule has 2 aromatic carbocycles. The van der Waals surface area contributed by atoms with Crippen molar-refractivity contribution < 1.29 is 12.9 Å². The summed E-state index contributed by atoms with van der Waals surface area (Å²) in [7, 11) is -4.16. The first kappa shape index (κ1) is 15.0. The van der Waals surface area contributed by atoms with Crippen LogP contribution in [-0.4, -0.2) is 19.5 Å². The molecule has 20 heavy (non-hydrogen) atoms. The Morgan fingerprint density at radius 1 is 1.00 bits per heavy atom. The lowest BCUT2D eigenvalue weighted by atomic mass is 10.1. The molecule has 0 fully saturated rings. The molecule has 3 nitrogen and oxygen atoms in total. The minimum atomic E-state index is -4.16. The van der Waals surface area contributed by atoms with Gasteiger partial charge in [0.25, 0.3) is 10.0 Å². The van der Waals surface area contributed by atoms with E-state index in [1.807, 2.05) is 0 Å². The molecular formula is C14H13ClFNO2S. The van der Waals surface area contributed by atoms with E-state index in [9.17, 15) is 12.9 Å². The average Bonchev–Trinajstić information content (AvgIpc) is 2.49. The van der Waals surface area contributed by atoms with E-state index in [0.717, 1.165) is 0 Å². The largest absolute Gasteiger partial charge is 0.269 e. The number of benzene rings is 2. The molecular weight excluding hydrogens is 301 g/mol. The Kier molecular flexibility index (Phi) is 4.75. The molecule has 0 amide bonds. The zero-order valence-electron chi connectivity index (χ0n) is 10.5. The van der Waals surface area contributed by atoms with Crippen LogP contribution in [0, 0.1) is 0 Å². The first-order valence-electron chi connectivity index (χ1n) is 5.94. The minimum Gasteiger partial charge on any atom is -0.205 e. The highest BCUT2D eigenvalue weighted by Gasteiger charge is 2.27. The number of hydrogen-bond donors (Lipinski definition) is 0. The Bertz CT molecular complexity index is 649. The third-order valence-corrected chi connectivity index (χ3v) is 4.70. The Balaban J connectivity index is 2.14. The molecule has 0 aliphatic rings. The number of hydrogen-bond acceptors (Lipinski definition) is 2. The highest BCUT2D eigenvalue weighted by molar-refractivity contribution is 7.89. The molecule has 0 aliphatic carbocycles. The molecule has 0 heterocycles. The van der Waals surface area contributed by atoms with Gasteiger partial charge in [0, 0.05) is 0 Å². The SMILES string of the molecule is O=S(=O)(c1ccccc1)N(F)CC(Cl)c1ccccc1. The summed E-state index contributed by atoms with van der Waals surface area (Å²) in [4.78, 5) is -0.0978. The molecule has 0 saturated heterocycles. The van der Waals surface area contributed by atoms with Crippen molar-refractivity contribution >= 4 is 21.6 Å². The molecule has 1 unspecified atom stereocenters. The Morgan fingerprint density at radius 3 is 2.05 bits per heavy atom. The molecule has 2 rings (SSSR count). The fourth-order valence-electron chi connectivity index (χ4n) is 1.70. The third-order valence-electron chi connectivity index (χ3n) is 2.77. The highest BCUT2D eigenvalue weighted by Crippen LogP contribution is 2.25. The van der Waals surface area contributed by atoms with Gasteiger partial charge in [0.05, 0.1) is 16.8 Å². The predicted molar refractivity (Wildman–Crippen MR) is 76.5 cm³/mol. The molecule has 106 valence electrons. The number of sulfonamides is 1. The van der Waals surface area contributed by atoms with Crippen LogP contribution in [0.1, 0.15) is 10.9 Å². The quantitative estimate of drug-likeness (QED) is 0.625. The second-order valence-electron chi connectivity index (χ2n) is 4.17. The fourth-order valence-corrected chi connectivity index (χ4v) is 3.12. The van der Waals surface area contributed by atoms with Crippen LogP contribution < -0.4 is 0 Å². The van der Waals surface area contributed by atoms with Gasteiger partial charge in [-0.05, 0) is 22.2 Å². The van der Waals surface area contributed by atoms with Crippen LogP contribution >= 0.6 is 11.6 Å². The summed E-state index contributed by atoms with van der Waals surface area (Å²) >= 11 is 6.05. The normalized spacial score (nSPS) is 13.3. The molecule has 0 spiro atoms. The Hall–Kier alpha value is -1.43. The van der Waals surface area contributed by atoms with E-state index in [2.05, 4.69) is 0 Å². The summed E-state index contributed by atoms with van der Waals surface area (Å²) in [5.41, 5.74) is 0.667. The lowest BCUT2D eigenvalue weighted by Crippen LogP contribution is -2.26. The van der Waals surface area contributed by atoms with Gasteiger partial charge in [-0.1, -0.05) is 48.5 Å². The van der Waals surface area contributed by atoms with Crippen molar-refractivity contribution in [3.8, 4) is 0 Å². The second kappa shape index (κ2) is 6.35. The van der Waals surface area contributed by atoms with E-state index in [0.29, 0.717) is 5.56 Å². The number of nitrogens with zero attached hydrogens (tertiary/aromatic N) is 1. The number of halogens is 2. The van der Waals surface area contributed by atoms with Crippen molar-refractivity contribution in [3.05, 3.63) is 66.2 Å². The van der Waals surface area contributed by atoms with Gasteiger partial charge in [0.1, 0.15) is 0 Å². The zero-order valence-corrected chi connectivity index (χ0v) is 12.1. The number of alkyl halides is 1. The molecule has 0 aliphatic heterocycles. The smallest absolute Gasteiger partial charge is 0.205 e. The van der Waals surface area contributed by atoms with Gasteiger partial charge in [0.15, 0.2) is 0 Å². The van der Waals surface area contributed by atoms with E-state index >= 15 is 0 Å². The Morgan fingerprint density at radius 2 is 1.50 bits per heavy atom. The fraction of sp³-hybridized carbons (Fsp3) is 0.143. The summed E-state index contributed by atoms with van der Waals surface area (Å²) in [5.74, 6) is 0. The first-order valence-corrected chi connectivity index (χ1v) is 7.82. The summed E-state index contributed by atoms with van der Waals surface area (Å²) in [6.07, 6.45) is 0. The van der Waals surface area contributed by atoms with Crippen LogP contribution in [0.4, 0.5) is 4.48 Å². The number of rotatable bonds is 5. The molecule has 1 atom stereocenters. The van der Waals surface area contributed by atoms with Crippen LogP contribution in [0.25, 0.3) is 0 Å². The standard InChI is InChI=1S/C14H13ClFNO2S/c15-14(12-7-3-1-4-8-12)11-17(16)20(18,19)13-9-5-2-6-10-13/h1-10,14H,11H2. The van der Waals surface area contributed by atoms with Gasteiger partial charge in [-0.25, -0.2) is 8.42 Å². The van der Waals surface area contributed by atoms with Crippen molar-refractivity contribution in [1.29, 1.82) is 0 Å². The van der Waals surface area contributed by atoms with E-state index in [1.54, 1.807) is 36.4 Å². The lowest BCUT2D eigenvalue weighted by Gasteiger charge is -2.16. The topological polar surface area (TPSA) is 37.4 Å². The van der Waals surface area contributed by atoms with Gasteiger partial charge in [-0.15, -0.1) is 16.1 Å². The van der Waals surface area contributed by atoms with Gasteiger partial charge in [-0.2, -0.15) is 0 Å². The van der Waals surface area contributed by atoms with E-state index in [-0.39, 0.29) is 9.42 Å². The second-order valence-corrected chi connectivity index (χ2v) is 6.51. The summed E-state index contributed by atoms with van der Waals surface area (Å²) < 4.78 is 37.7. The van der Waals surface area contributed by atoms with Gasteiger partial charge in [-0.3, -0.25) is 0 Å². The molecule has 0 bridgehead atoms. The van der Waals surface area contributed by atoms with E-state index < -0.39 is 21.9 Å². The third kappa shape index (κ3) is 3.36. The van der Waals surface area contributed by atoms with Crippen molar-refractivity contribution in [2.75, 3.05) is 6.54 Å². The summed E-state index contributed by atoms with van der Waals surface area (Å²) in [5, 5.41) is -0.750. The highest BCUT2D eigenvalue weighted by atomic mass is 35.5. The molecule has 0 N–H and O–H groups in total. The maximum atomic E-state index is 14.0. The van der Waals surface area contributed by atoms with Gasteiger partial charge in [0.2, 0.25) is 0 Å². The monoisotopic (exact) mass is 313 g/mol. The van der Waals surface area contributed by atoms with Crippen LogP contribution in [0.2, 0.25) is 0 Å². The Labute approximate surface area is 122 Å². The van der Waals surface area contributed by atoms with Crippen molar-refractivity contribution in [3.63, 3.8) is 0 Å². The minimum absolute atomic E-state index is 0.0978. The van der Waals surface area contributed by atoms with Crippen molar-refractivity contribution in [2.24, 2.45) is 0 Å². The van der Waals surface area contributed by atoms with E-state index in [4.69, 9.17) is 11.6 Å². The molecule has 0 radical (unpaired) electrons. The van der Waals surface area contributed by atoms with Crippen molar-refractivity contribution in [2.45, 2.75) is 10.3 Å². The van der Waals surface area contributed by atoms with Crippen molar-refractivity contribution in [1.82, 2.24) is 4.53 Å². The van der Waals surface area contributed by atoms with Crippen LogP contribution in [-0.2, 0) is 10.0 Å². The maximum Gasteiger partial charge on any atom is 0.269 e. The summed E-state index contributed by atoms with van der Waals surface area (Å²) in [6, 6.07) is 16.2. The molecule has 0 saturated carbocycles. The van der Waals surface area contributed by atoms with Gasteiger partial charge < -0.3 is 0 Å². The van der Waals surface area contributed by atoms with Crippen LogP contribution in [0.3, 0.4) is 0 Å². The van der Waals surface area contributed by atoms with Crippen LogP contribution in [0.15, 0.2) is 65.6 Å². The lowest BCUT2D eigenvalue weighted by molar-refractivity contribution is 0.139. The molecule has 2 aromatic rings. The first-order chi connectivity index (χ1) is 9.51. The zero-order chi connectivity index (χ0) is 14.6. The summed E-state index contributed by atoms with van der Waals surface area (Å²) in [6.45, 7) is -0.442. The molecule has 0 aromatic heterocycles. The predicted octanol–water partition coefficient (Wildman–Crippen LogP) is 3.54. The average molecular weight is 314 g/mol. The molecule has 6 heteroatoms.